The standard InChI is InChI=1S/C61H98O5/c1-3-5-7-9-11-13-15-17-19-21-22-23-24-25-26-27-28-29-30-31-32-33-34-35-36-37-38-40-42-44-46-48-50-52-54-56-61(64)66-59(57-62)58-65-60(63)55-53-51-49-47-45-43-41-39-20-18-16-14-12-10-8-6-4-2/h5-8,11-14,17-20,22-23,25-26,28-29,41,43,47,49,59,62H,3-4,9-10,15-16,21,24,27,30-40,42,44-46,48,50-58H2,1-2H3/b7-5-,8-6-,13-11-,14-12-,19-17-,20-18-,23-22-,26-25-,29-28-,43-41-,49-47-. The van der Waals surface area contributed by atoms with E-state index < -0.39 is 6.10 Å². The van der Waals surface area contributed by atoms with E-state index in [2.05, 4.69) is 148 Å². The lowest BCUT2D eigenvalue weighted by atomic mass is 10.0. The van der Waals surface area contributed by atoms with Gasteiger partial charge in [0.05, 0.1) is 6.61 Å². The van der Waals surface area contributed by atoms with Gasteiger partial charge in [-0.15, -0.1) is 0 Å². The zero-order valence-corrected chi connectivity index (χ0v) is 42.4. The highest BCUT2D eigenvalue weighted by Crippen LogP contribution is 2.15. The summed E-state index contributed by atoms with van der Waals surface area (Å²) in [5.74, 6) is -0.664. The second kappa shape index (κ2) is 55.4. The van der Waals surface area contributed by atoms with Gasteiger partial charge in [0.15, 0.2) is 6.10 Å². The van der Waals surface area contributed by atoms with Gasteiger partial charge in [-0.2, -0.15) is 0 Å². The third-order valence-electron chi connectivity index (χ3n) is 10.9. The molecule has 0 aliphatic rings. The van der Waals surface area contributed by atoms with Crippen molar-refractivity contribution in [2.75, 3.05) is 13.2 Å². The minimum Gasteiger partial charge on any atom is -0.462 e. The maximum Gasteiger partial charge on any atom is 0.306 e. The van der Waals surface area contributed by atoms with Gasteiger partial charge in [-0.05, 0) is 103 Å². The number of hydrogen-bond donors (Lipinski definition) is 1. The fraction of sp³-hybridized carbons (Fsp3) is 0.607. The molecule has 1 unspecified atom stereocenters. The molecule has 372 valence electrons. The first-order valence-electron chi connectivity index (χ1n) is 26.7. The van der Waals surface area contributed by atoms with Crippen LogP contribution in [0.25, 0.3) is 0 Å². The number of unbranched alkanes of at least 4 members (excludes halogenated alkanes) is 17. The number of carbonyl (C=O) groups excluding carboxylic acids is 2. The summed E-state index contributed by atoms with van der Waals surface area (Å²) in [4.78, 5) is 24.4. The highest BCUT2D eigenvalue weighted by molar-refractivity contribution is 5.70. The smallest absolute Gasteiger partial charge is 0.306 e. The second-order valence-corrected chi connectivity index (χ2v) is 17.2. The summed E-state index contributed by atoms with van der Waals surface area (Å²) in [6.45, 7) is 3.86. The maximum absolute atomic E-state index is 12.3. The minimum absolute atomic E-state index is 0.102. The number of aliphatic hydroxyl groups excluding tert-OH is 1. The average molecular weight is 911 g/mol. The molecule has 0 radical (unpaired) electrons. The van der Waals surface area contributed by atoms with Crippen LogP contribution in [0.1, 0.15) is 219 Å². The number of aliphatic hydroxyl groups is 1. The van der Waals surface area contributed by atoms with Crippen molar-refractivity contribution in [2.45, 2.75) is 225 Å². The van der Waals surface area contributed by atoms with Crippen LogP contribution in [0.5, 0.6) is 0 Å². The Kier molecular flexibility index (Phi) is 52.0. The SMILES string of the molecule is CC/C=C\C/C=C\C/C=C\C/C=C\C/C=C\C/C=C\CCCCCCCCCCCCCCCCCCC(=O)OC(CO)COC(=O)CCC/C=C\C/C=C\C/C=C\C/C=C\C/C=C\CC. The van der Waals surface area contributed by atoms with Crippen molar-refractivity contribution in [3.8, 4) is 0 Å². The number of ether oxygens (including phenoxy) is 2. The molecule has 0 spiro atoms. The Balaban J connectivity index is 3.55. The van der Waals surface area contributed by atoms with Crippen molar-refractivity contribution < 1.29 is 24.2 Å². The molecule has 1 N–H and O–H groups in total. The Bertz CT molecular complexity index is 1400. The summed E-state index contributed by atoms with van der Waals surface area (Å²) >= 11 is 0. The van der Waals surface area contributed by atoms with Gasteiger partial charge in [0.2, 0.25) is 0 Å². The summed E-state index contributed by atoms with van der Waals surface area (Å²) < 4.78 is 10.6. The number of esters is 2. The fourth-order valence-corrected chi connectivity index (χ4v) is 7.01. The van der Waals surface area contributed by atoms with E-state index in [0.29, 0.717) is 19.3 Å². The summed E-state index contributed by atoms with van der Waals surface area (Å²) in [6.07, 6.45) is 82.8. The van der Waals surface area contributed by atoms with Crippen molar-refractivity contribution in [1.29, 1.82) is 0 Å². The first-order chi connectivity index (χ1) is 32.6. The van der Waals surface area contributed by atoms with Crippen molar-refractivity contribution >= 4 is 11.9 Å². The molecule has 66 heavy (non-hydrogen) atoms. The number of allylic oxidation sites excluding steroid dienone is 22. The molecule has 5 nitrogen and oxygen atoms in total. The van der Waals surface area contributed by atoms with Crippen molar-refractivity contribution in [2.24, 2.45) is 0 Å². The number of rotatable bonds is 47. The summed E-state index contributed by atoms with van der Waals surface area (Å²) in [6, 6.07) is 0. The predicted molar refractivity (Wildman–Crippen MR) is 288 cm³/mol. The van der Waals surface area contributed by atoms with E-state index in [0.717, 1.165) is 96.3 Å². The van der Waals surface area contributed by atoms with Gasteiger partial charge < -0.3 is 14.6 Å². The van der Waals surface area contributed by atoms with Crippen molar-refractivity contribution in [3.63, 3.8) is 0 Å². The number of hydrogen-bond acceptors (Lipinski definition) is 5. The van der Waals surface area contributed by atoms with E-state index in [1.54, 1.807) is 0 Å². The molecule has 0 saturated heterocycles. The predicted octanol–water partition coefficient (Wildman–Crippen LogP) is 18.1. The molecular formula is C61H98O5. The van der Waals surface area contributed by atoms with E-state index in [9.17, 15) is 14.7 Å². The van der Waals surface area contributed by atoms with Crippen molar-refractivity contribution in [3.05, 3.63) is 134 Å². The van der Waals surface area contributed by atoms with E-state index in [-0.39, 0.29) is 25.2 Å². The highest BCUT2D eigenvalue weighted by Gasteiger charge is 2.16. The van der Waals surface area contributed by atoms with Crippen LogP contribution in [-0.2, 0) is 19.1 Å². The zero-order chi connectivity index (χ0) is 47.7. The van der Waals surface area contributed by atoms with Gasteiger partial charge >= 0.3 is 11.9 Å². The number of carbonyl (C=O) groups is 2. The molecule has 0 aliphatic carbocycles. The topological polar surface area (TPSA) is 72.8 Å². The van der Waals surface area contributed by atoms with Gasteiger partial charge in [-0.1, -0.05) is 237 Å². The van der Waals surface area contributed by atoms with Crippen LogP contribution in [0.4, 0.5) is 0 Å². The normalized spacial score (nSPS) is 13.3. The molecule has 0 aliphatic heterocycles. The molecule has 0 amide bonds. The van der Waals surface area contributed by atoms with Gasteiger partial charge in [0, 0.05) is 12.8 Å². The van der Waals surface area contributed by atoms with Crippen LogP contribution in [0.15, 0.2) is 134 Å². The Morgan fingerprint density at radius 1 is 0.348 bits per heavy atom. The summed E-state index contributed by atoms with van der Waals surface area (Å²) in [5, 5.41) is 9.62. The third kappa shape index (κ3) is 52.7. The summed E-state index contributed by atoms with van der Waals surface area (Å²) in [5.41, 5.74) is 0. The highest BCUT2D eigenvalue weighted by atomic mass is 16.6. The Morgan fingerprint density at radius 3 is 0.955 bits per heavy atom. The first-order valence-corrected chi connectivity index (χ1v) is 26.7. The third-order valence-corrected chi connectivity index (χ3v) is 10.9. The lowest BCUT2D eigenvalue weighted by Crippen LogP contribution is -2.28. The average Bonchev–Trinajstić information content (AvgIpc) is 3.32. The van der Waals surface area contributed by atoms with Crippen LogP contribution < -0.4 is 0 Å². The fourth-order valence-electron chi connectivity index (χ4n) is 7.01. The second-order valence-electron chi connectivity index (χ2n) is 17.2. The monoisotopic (exact) mass is 911 g/mol. The van der Waals surface area contributed by atoms with Gasteiger partial charge in [-0.3, -0.25) is 9.59 Å². The largest absolute Gasteiger partial charge is 0.462 e. The molecule has 0 fully saturated rings. The molecule has 0 rings (SSSR count). The minimum atomic E-state index is -0.803. The van der Waals surface area contributed by atoms with Gasteiger partial charge in [0.1, 0.15) is 6.61 Å². The molecule has 0 saturated carbocycles. The Hall–Kier alpha value is -3.96. The molecule has 1 atom stereocenters. The van der Waals surface area contributed by atoms with E-state index >= 15 is 0 Å². The van der Waals surface area contributed by atoms with Crippen LogP contribution >= 0.6 is 0 Å². The van der Waals surface area contributed by atoms with Crippen LogP contribution in [-0.4, -0.2) is 36.4 Å². The Morgan fingerprint density at radius 2 is 0.621 bits per heavy atom. The van der Waals surface area contributed by atoms with Crippen LogP contribution in [0.2, 0.25) is 0 Å². The molecule has 0 heterocycles. The van der Waals surface area contributed by atoms with E-state index in [4.69, 9.17) is 9.47 Å². The van der Waals surface area contributed by atoms with Crippen LogP contribution in [0.3, 0.4) is 0 Å². The van der Waals surface area contributed by atoms with E-state index in [1.165, 1.54) is 89.9 Å². The van der Waals surface area contributed by atoms with Gasteiger partial charge in [0.25, 0.3) is 0 Å². The van der Waals surface area contributed by atoms with Gasteiger partial charge in [-0.25, -0.2) is 0 Å². The van der Waals surface area contributed by atoms with Crippen molar-refractivity contribution in [1.82, 2.24) is 0 Å². The lowest BCUT2D eigenvalue weighted by Gasteiger charge is -2.15. The maximum atomic E-state index is 12.3. The Labute approximate surface area is 406 Å². The first kappa shape index (κ1) is 62.0. The molecule has 5 heteroatoms. The molecule has 0 aromatic rings. The van der Waals surface area contributed by atoms with E-state index in [1.807, 2.05) is 0 Å². The quantitative estimate of drug-likeness (QED) is 0.0374. The molecule has 0 aromatic carbocycles. The lowest BCUT2D eigenvalue weighted by molar-refractivity contribution is -0.161. The molecular weight excluding hydrogens is 813 g/mol. The molecule has 0 aromatic heterocycles. The summed E-state index contributed by atoms with van der Waals surface area (Å²) in [7, 11) is 0. The zero-order valence-electron chi connectivity index (χ0n) is 42.4. The molecule has 0 bridgehead atoms. The van der Waals surface area contributed by atoms with Crippen LogP contribution in [0, 0.1) is 0 Å².